The van der Waals surface area contributed by atoms with Gasteiger partial charge in [-0.2, -0.15) is 0 Å². The van der Waals surface area contributed by atoms with Crippen molar-refractivity contribution in [3.8, 4) is 0 Å². The minimum absolute atomic E-state index is 0.0453. The molecule has 1 atom stereocenters. The van der Waals surface area contributed by atoms with E-state index in [0.717, 1.165) is 36.3 Å². The van der Waals surface area contributed by atoms with E-state index in [2.05, 4.69) is 10.3 Å². The molecule has 0 saturated carbocycles. The van der Waals surface area contributed by atoms with Crippen LogP contribution in [0.1, 0.15) is 34.6 Å². The summed E-state index contributed by atoms with van der Waals surface area (Å²) in [5, 5.41) is 3.23. The monoisotopic (exact) mass is 192 g/mol. The lowest BCUT2D eigenvalue weighted by Gasteiger charge is -2.07. The Hall–Kier alpha value is -1.09. The lowest BCUT2D eigenvalue weighted by atomic mass is 10.0. The fourth-order valence-electron chi connectivity index (χ4n) is 2.08. The lowest BCUT2D eigenvalue weighted by molar-refractivity contribution is 0.0952. The highest BCUT2D eigenvalue weighted by atomic mass is 16.1. The Kier molecular flexibility index (Phi) is 2.42. The maximum Gasteiger partial charge on any atom is 0.181 e. The molecule has 0 amide bonds. The van der Waals surface area contributed by atoms with Gasteiger partial charge in [-0.1, -0.05) is 0 Å². The summed E-state index contributed by atoms with van der Waals surface area (Å²) in [5.74, 6) is 0.240. The van der Waals surface area contributed by atoms with Gasteiger partial charge in [0.25, 0.3) is 0 Å². The van der Waals surface area contributed by atoms with Gasteiger partial charge in [0.1, 0.15) is 0 Å². The van der Waals surface area contributed by atoms with E-state index >= 15 is 0 Å². The third-order valence-electron chi connectivity index (χ3n) is 2.79. The molecule has 2 heterocycles. The Morgan fingerprint density at radius 3 is 2.79 bits per heavy atom. The Bertz CT molecular complexity index is 348. The van der Waals surface area contributed by atoms with E-state index in [-0.39, 0.29) is 11.8 Å². The molecule has 1 aliphatic heterocycles. The zero-order valence-corrected chi connectivity index (χ0v) is 8.68. The summed E-state index contributed by atoms with van der Waals surface area (Å²) in [7, 11) is 0. The minimum atomic E-state index is 0.0453. The summed E-state index contributed by atoms with van der Waals surface area (Å²) in [6.07, 6.45) is 2.08. The van der Waals surface area contributed by atoms with Crippen LogP contribution in [0.25, 0.3) is 0 Å². The largest absolute Gasteiger partial charge is 0.362 e. The maximum absolute atomic E-state index is 12.0. The predicted octanol–water partition coefficient (Wildman–Crippen LogP) is 1.57. The van der Waals surface area contributed by atoms with Gasteiger partial charge < -0.3 is 10.3 Å². The predicted molar refractivity (Wildman–Crippen MR) is 55.6 cm³/mol. The van der Waals surface area contributed by atoms with E-state index in [1.165, 1.54) is 0 Å². The minimum Gasteiger partial charge on any atom is -0.362 e. The number of hydrogen-bond acceptors (Lipinski definition) is 2. The molecule has 14 heavy (non-hydrogen) atoms. The van der Waals surface area contributed by atoms with Crippen LogP contribution in [0.3, 0.4) is 0 Å². The van der Waals surface area contributed by atoms with E-state index in [1.54, 1.807) is 0 Å². The van der Waals surface area contributed by atoms with E-state index in [9.17, 15) is 4.79 Å². The second kappa shape index (κ2) is 3.58. The molecule has 1 aromatic heterocycles. The number of rotatable bonds is 2. The third kappa shape index (κ3) is 1.60. The van der Waals surface area contributed by atoms with Crippen molar-refractivity contribution in [1.29, 1.82) is 0 Å². The number of aryl methyl sites for hydroxylation is 2. The zero-order valence-electron chi connectivity index (χ0n) is 8.68. The normalized spacial score (nSPS) is 21.4. The number of aromatic amines is 1. The van der Waals surface area contributed by atoms with Gasteiger partial charge in [-0.15, -0.1) is 0 Å². The van der Waals surface area contributed by atoms with Crippen molar-refractivity contribution in [3.05, 3.63) is 23.0 Å². The highest BCUT2D eigenvalue weighted by Crippen LogP contribution is 2.16. The average molecular weight is 192 g/mol. The number of carbonyl (C=O) groups excluding carboxylic acids is 1. The molecule has 2 N–H and O–H groups in total. The fraction of sp³-hybridized carbons (Fsp3) is 0.545. The molecule has 0 aromatic carbocycles. The molecule has 0 radical (unpaired) electrons. The van der Waals surface area contributed by atoms with Gasteiger partial charge in [-0.25, -0.2) is 0 Å². The van der Waals surface area contributed by atoms with Gasteiger partial charge in [0, 0.05) is 17.0 Å². The van der Waals surface area contributed by atoms with Crippen molar-refractivity contribution >= 4 is 5.78 Å². The van der Waals surface area contributed by atoms with Crippen molar-refractivity contribution in [2.24, 2.45) is 0 Å². The molecule has 3 heteroatoms. The van der Waals surface area contributed by atoms with Gasteiger partial charge >= 0.3 is 0 Å². The molecular weight excluding hydrogens is 176 g/mol. The summed E-state index contributed by atoms with van der Waals surface area (Å²) < 4.78 is 0. The van der Waals surface area contributed by atoms with Gasteiger partial charge in [0.05, 0.1) is 6.04 Å². The zero-order chi connectivity index (χ0) is 10.1. The molecule has 1 unspecified atom stereocenters. The summed E-state index contributed by atoms with van der Waals surface area (Å²) in [6, 6.07) is 1.99. The summed E-state index contributed by atoms with van der Waals surface area (Å²) in [4.78, 5) is 15.2. The molecule has 76 valence electrons. The highest BCUT2D eigenvalue weighted by molar-refractivity contribution is 6.01. The topological polar surface area (TPSA) is 44.9 Å². The smallest absolute Gasteiger partial charge is 0.181 e. The van der Waals surface area contributed by atoms with Crippen LogP contribution in [0, 0.1) is 13.8 Å². The maximum atomic E-state index is 12.0. The van der Waals surface area contributed by atoms with Crippen molar-refractivity contribution in [1.82, 2.24) is 10.3 Å². The van der Waals surface area contributed by atoms with Crippen LogP contribution in [0.2, 0.25) is 0 Å². The lowest BCUT2D eigenvalue weighted by Crippen LogP contribution is -2.30. The van der Waals surface area contributed by atoms with Crippen molar-refractivity contribution < 1.29 is 4.79 Å². The first-order chi connectivity index (χ1) is 6.68. The Morgan fingerprint density at radius 1 is 1.50 bits per heavy atom. The summed E-state index contributed by atoms with van der Waals surface area (Å²) >= 11 is 0. The Morgan fingerprint density at radius 2 is 2.29 bits per heavy atom. The van der Waals surface area contributed by atoms with Gasteiger partial charge in [-0.3, -0.25) is 4.79 Å². The number of hydrogen-bond donors (Lipinski definition) is 2. The number of nitrogens with one attached hydrogen (secondary N) is 2. The number of carbonyl (C=O) groups is 1. The third-order valence-corrected chi connectivity index (χ3v) is 2.79. The molecule has 3 nitrogen and oxygen atoms in total. The summed E-state index contributed by atoms with van der Waals surface area (Å²) in [5.41, 5.74) is 2.90. The molecule has 1 fully saturated rings. The molecule has 1 saturated heterocycles. The second-order valence-electron chi connectivity index (χ2n) is 4.00. The van der Waals surface area contributed by atoms with Gasteiger partial charge in [0.15, 0.2) is 5.78 Å². The van der Waals surface area contributed by atoms with Crippen molar-refractivity contribution in [3.63, 3.8) is 0 Å². The van der Waals surface area contributed by atoms with E-state index < -0.39 is 0 Å². The quantitative estimate of drug-likeness (QED) is 0.698. The number of aromatic nitrogens is 1. The van der Waals surface area contributed by atoms with Gasteiger partial charge in [0.2, 0.25) is 0 Å². The van der Waals surface area contributed by atoms with E-state index in [0.29, 0.717) is 0 Å². The molecular formula is C11H16N2O. The van der Waals surface area contributed by atoms with E-state index in [4.69, 9.17) is 0 Å². The number of ketones is 1. The number of H-pyrrole nitrogens is 1. The molecule has 0 bridgehead atoms. The molecule has 2 rings (SSSR count). The fourth-order valence-corrected chi connectivity index (χ4v) is 2.08. The molecule has 0 spiro atoms. The first kappa shape index (κ1) is 9.46. The Balaban J connectivity index is 2.21. The number of Topliss-reactive ketones (excluding diaryl/α,β-unsaturated/α-hetero) is 1. The molecule has 1 aliphatic rings. The van der Waals surface area contributed by atoms with Crippen LogP contribution < -0.4 is 5.32 Å². The van der Waals surface area contributed by atoms with Crippen LogP contribution in [0.4, 0.5) is 0 Å². The van der Waals surface area contributed by atoms with E-state index in [1.807, 2.05) is 19.9 Å². The van der Waals surface area contributed by atoms with Crippen LogP contribution >= 0.6 is 0 Å². The first-order valence-electron chi connectivity index (χ1n) is 5.12. The van der Waals surface area contributed by atoms with Crippen LogP contribution in [-0.2, 0) is 0 Å². The van der Waals surface area contributed by atoms with Gasteiger partial charge in [-0.05, 0) is 39.3 Å². The van der Waals surface area contributed by atoms with Crippen LogP contribution in [-0.4, -0.2) is 23.4 Å². The molecule has 0 aliphatic carbocycles. The highest BCUT2D eigenvalue weighted by Gasteiger charge is 2.24. The second-order valence-corrected chi connectivity index (χ2v) is 4.00. The first-order valence-corrected chi connectivity index (χ1v) is 5.12. The van der Waals surface area contributed by atoms with Crippen molar-refractivity contribution in [2.75, 3.05) is 6.54 Å². The molecule has 1 aromatic rings. The van der Waals surface area contributed by atoms with Crippen LogP contribution in [0.15, 0.2) is 6.07 Å². The Labute approximate surface area is 83.9 Å². The summed E-state index contributed by atoms with van der Waals surface area (Å²) in [6.45, 7) is 4.90. The average Bonchev–Trinajstić information content (AvgIpc) is 2.73. The standard InChI is InChI=1S/C11H16N2O/c1-7-6-9(8(2)13-7)11(14)10-4-3-5-12-10/h6,10,12-13H,3-5H2,1-2H3. The SMILES string of the molecule is Cc1cc(C(=O)C2CCCN2)c(C)[nH]1. The van der Waals surface area contributed by atoms with Crippen molar-refractivity contribution in [2.45, 2.75) is 32.7 Å². The van der Waals surface area contributed by atoms with Crippen LogP contribution in [0.5, 0.6) is 0 Å².